The molecule has 0 unspecified atom stereocenters. The summed E-state index contributed by atoms with van der Waals surface area (Å²) in [5.74, 6) is -0.429. The van der Waals surface area contributed by atoms with Crippen molar-refractivity contribution in [3.63, 3.8) is 0 Å². The maximum Gasteiger partial charge on any atom is 0.240 e. The molecule has 1 amide bonds. The van der Waals surface area contributed by atoms with Crippen LogP contribution >= 0.6 is 23.2 Å². The Bertz CT molecular complexity index is 582. The Hall–Kier alpha value is -0.980. The number of hydrogen-bond acceptors (Lipinski definition) is 3. The standard InChI is InChI=1S/C12H16Cl2N2O3S/c1-8(2)15-11(17)7-16(20(3,18)19)12-9(13)5-4-6-10(12)14/h4-6,8H,7H2,1-3H3,(H,15,17). The maximum absolute atomic E-state index is 11.9. The zero-order valence-corrected chi connectivity index (χ0v) is 13.7. The second-order valence-electron chi connectivity index (χ2n) is 4.56. The van der Waals surface area contributed by atoms with Gasteiger partial charge in [-0.05, 0) is 26.0 Å². The predicted octanol–water partition coefficient (Wildman–Crippen LogP) is 2.28. The van der Waals surface area contributed by atoms with Gasteiger partial charge in [-0.3, -0.25) is 9.10 Å². The molecule has 0 aliphatic carbocycles. The molecule has 112 valence electrons. The fourth-order valence-corrected chi connectivity index (χ4v) is 3.17. The summed E-state index contributed by atoms with van der Waals surface area (Å²) in [5.41, 5.74) is 0.109. The Morgan fingerprint density at radius 1 is 1.30 bits per heavy atom. The van der Waals surface area contributed by atoms with E-state index in [1.54, 1.807) is 19.9 Å². The molecule has 5 nitrogen and oxygen atoms in total. The summed E-state index contributed by atoms with van der Waals surface area (Å²) in [6, 6.07) is 4.54. The molecule has 1 aromatic rings. The number of carbonyl (C=O) groups is 1. The van der Waals surface area contributed by atoms with Crippen molar-refractivity contribution in [2.75, 3.05) is 17.1 Å². The quantitative estimate of drug-likeness (QED) is 0.895. The Balaban J connectivity index is 3.19. The van der Waals surface area contributed by atoms with E-state index in [1.807, 2.05) is 0 Å². The Labute approximate surface area is 128 Å². The third-order valence-electron chi connectivity index (χ3n) is 2.32. The summed E-state index contributed by atoms with van der Waals surface area (Å²) in [7, 11) is -3.69. The van der Waals surface area contributed by atoms with Gasteiger partial charge in [-0.1, -0.05) is 29.3 Å². The molecule has 0 aliphatic heterocycles. The summed E-state index contributed by atoms with van der Waals surface area (Å²) in [6.07, 6.45) is 0.995. The summed E-state index contributed by atoms with van der Waals surface area (Å²) in [6.45, 7) is 3.19. The Kier molecular flexibility index (Phi) is 5.68. The zero-order chi connectivity index (χ0) is 15.5. The van der Waals surface area contributed by atoms with Gasteiger partial charge in [0.15, 0.2) is 0 Å². The number of anilines is 1. The van der Waals surface area contributed by atoms with Crippen molar-refractivity contribution >= 4 is 44.8 Å². The highest BCUT2D eigenvalue weighted by atomic mass is 35.5. The average Bonchev–Trinajstić information content (AvgIpc) is 2.24. The molecule has 0 fully saturated rings. The molecule has 0 bridgehead atoms. The van der Waals surface area contributed by atoms with Crippen LogP contribution in [0.5, 0.6) is 0 Å². The van der Waals surface area contributed by atoms with Crippen molar-refractivity contribution in [3.05, 3.63) is 28.2 Å². The lowest BCUT2D eigenvalue weighted by Gasteiger charge is -2.24. The Morgan fingerprint density at radius 3 is 2.20 bits per heavy atom. The van der Waals surface area contributed by atoms with Crippen LogP contribution in [-0.4, -0.2) is 33.2 Å². The number of hydrogen-bond donors (Lipinski definition) is 1. The average molecular weight is 339 g/mol. The highest BCUT2D eigenvalue weighted by Gasteiger charge is 2.25. The van der Waals surface area contributed by atoms with E-state index in [0.29, 0.717) is 0 Å². The molecular formula is C12H16Cl2N2O3S. The van der Waals surface area contributed by atoms with Crippen LogP contribution in [0.25, 0.3) is 0 Å². The van der Waals surface area contributed by atoms with E-state index >= 15 is 0 Å². The van der Waals surface area contributed by atoms with E-state index < -0.39 is 15.9 Å². The van der Waals surface area contributed by atoms with Crippen LogP contribution < -0.4 is 9.62 Å². The lowest BCUT2D eigenvalue weighted by molar-refractivity contribution is -0.120. The first-order chi connectivity index (χ1) is 9.12. The number of nitrogens with zero attached hydrogens (tertiary/aromatic N) is 1. The lowest BCUT2D eigenvalue weighted by Crippen LogP contribution is -2.42. The second-order valence-corrected chi connectivity index (χ2v) is 7.28. The molecule has 0 radical (unpaired) electrons. The van der Waals surface area contributed by atoms with Crippen LogP contribution in [0.3, 0.4) is 0 Å². The third kappa shape index (κ3) is 4.54. The van der Waals surface area contributed by atoms with Crippen molar-refractivity contribution < 1.29 is 13.2 Å². The monoisotopic (exact) mass is 338 g/mol. The number of para-hydroxylation sites is 1. The number of halogens is 2. The highest BCUT2D eigenvalue weighted by molar-refractivity contribution is 7.92. The van der Waals surface area contributed by atoms with Crippen LogP contribution in [0.4, 0.5) is 5.69 Å². The third-order valence-corrected chi connectivity index (χ3v) is 4.05. The summed E-state index contributed by atoms with van der Waals surface area (Å²) in [4.78, 5) is 11.8. The first-order valence-electron chi connectivity index (χ1n) is 5.84. The van der Waals surface area contributed by atoms with Crippen molar-refractivity contribution in [2.24, 2.45) is 0 Å². The van der Waals surface area contributed by atoms with Crippen LogP contribution in [0.1, 0.15) is 13.8 Å². The molecule has 0 aliphatic rings. The molecule has 1 rings (SSSR count). The molecule has 8 heteroatoms. The predicted molar refractivity (Wildman–Crippen MR) is 81.9 cm³/mol. The number of carbonyl (C=O) groups excluding carboxylic acids is 1. The van der Waals surface area contributed by atoms with E-state index in [1.165, 1.54) is 12.1 Å². The molecule has 20 heavy (non-hydrogen) atoms. The van der Waals surface area contributed by atoms with Gasteiger partial charge in [0.2, 0.25) is 15.9 Å². The summed E-state index contributed by atoms with van der Waals surface area (Å²) >= 11 is 12.0. The van der Waals surface area contributed by atoms with Crippen LogP contribution in [-0.2, 0) is 14.8 Å². The van der Waals surface area contributed by atoms with Crippen molar-refractivity contribution in [2.45, 2.75) is 19.9 Å². The van der Waals surface area contributed by atoms with Gasteiger partial charge in [-0.2, -0.15) is 0 Å². The van der Waals surface area contributed by atoms with Gasteiger partial charge in [-0.25, -0.2) is 8.42 Å². The van der Waals surface area contributed by atoms with Gasteiger partial charge < -0.3 is 5.32 Å². The van der Waals surface area contributed by atoms with E-state index in [-0.39, 0.29) is 28.3 Å². The minimum Gasteiger partial charge on any atom is -0.352 e. The van der Waals surface area contributed by atoms with Gasteiger partial charge in [0, 0.05) is 6.04 Å². The van der Waals surface area contributed by atoms with Gasteiger partial charge in [0.1, 0.15) is 6.54 Å². The summed E-state index contributed by atoms with van der Waals surface area (Å²) in [5, 5.41) is 2.96. The van der Waals surface area contributed by atoms with E-state index in [2.05, 4.69) is 5.32 Å². The van der Waals surface area contributed by atoms with Crippen LogP contribution in [0.15, 0.2) is 18.2 Å². The lowest BCUT2D eigenvalue weighted by atomic mass is 10.3. The number of nitrogens with one attached hydrogen (secondary N) is 1. The zero-order valence-electron chi connectivity index (χ0n) is 11.4. The number of sulfonamides is 1. The number of benzene rings is 1. The van der Waals surface area contributed by atoms with Gasteiger partial charge in [0.05, 0.1) is 22.0 Å². The Morgan fingerprint density at radius 2 is 1.80 bits per heavy atom. The van der Waals surface area contributed by atoms with Crippen molar-refractivity contribution in [1.29, 1.82) is 0 Å². The highest BCUT2D eigenvalue weighted by Crippen LogP contribution is 2.34. The molecule has 0 saturated carbocycles. The van der Waals surface area contributed by atoms with Crippen molar-refractivity contribution in [3.8, 4) is 0 Å². The molecule has 1 N–H and O–H groups in total. The number of amides is 1. The second kappa shape index (κ2) is 6.65. The molecule has 0 spiro atoms. The van der Waals surface area contributed by atoms with Crippen LogP contribution in [0, 0.1) is 0 Å². The van der Waals surface area contributed by atoms with Crippen molar-refractivity contribution in [1.82, 2.24) is 5.32 Å². The normalized spacial score (nSPS) is 11.5. The minimum absolute atomic E-state index is 0.0920. The number of rotatable bonds is 5. The minimum atomic E-state index is -3.69. The smallest absolute Gasteiger partial charge is 0.240 e. The summed E-state index contributed by atoms with van der Waals surface area (Å²) < 4.78 is 24.7. The van der Waals surface area contributed by atoms with Gasteiger partial charge >= 0.3 is 0 Å². The van der Waals surface area contributed by atoms with Gasteiger partial charge in [-0.15, -0.1) is 0 Å². The SMILES string of the molecule is CC(C)NC(=O)CN(c1c(Cl)cccc1Cl)S(C)(=O)=O. The fraction of sp³-hybridized carbons (Fsp3) is 0.417. The first-order valence-corrected chi connectivity index (χ1v) is 8.44. The molecule has 0 saturated heterocycles. The topological polar surface area (TPSA) is 66.5 Å². The van der Waals surface area contributed by atoms with Gasteiger partial charge in [0.25, 0.3) is 0 Å². The molecule has 0 heterocycles. The maximum atomic E-state index is 11.9. The molecule has 0 aromatic heterocycles. The fourth-order valence-electron chi connectivity index (χ4n) is 1.59. The van der Waals surface area contributed by atoms with E-state index in [9.17, 15) is 13.2 Å². The molecule has 0 atom stereocenters. The first kappa shape index (κ1) is 17.1. The van der Waals surface area contributed by atoms with E-state index in [4.69, 9.17) is 23.2 Å². The van der Waals surface area contributed by atoms with E-state index in [0.717, 1.165) is 10.6 Å². The molecule has 1 aromatic carbocycles. The molecular weight excluding hydrogens is 323 g/mol. The van der Waals surface area contributed by atoms with Crippen LogP contribution in [0.2, 0.25) is 10.0 Å². The largest absolute Gasteiger partial charge is 0.352 e.